The standard InChI is InChI=1S/C14H16N4O5S2/c1-24-14-12(25(2,20)21)13(15)18(17-14)6-11(19)16-8-3-4-9-10(5-8)23-7-22-9/h3-5H,6-7,15H2,1-2H3,(H,16,19). The zero-order chi connectivity index (χ0) is 18.2. The van der Waals surface area contributed by atoms with Gasteiger partial charge >= 0.3 is 0 Å². The van der Waals surface area contributed by atoms with E-state index in [1.165, 1.54) is 4.68 Å². The lowest BCUT2D eigenvalue weighted by atomic mass is 10.3. The van der Waals surface area contributed by atoms with Gasteiger partial charge in [0.15, 0.2) is 21.3 Å². The molecule has 0 spiro atoms. The van der Waals surface area contributed by atoms with E-state index in [0.717, 1.165) is 18.0 Å². The lowest BCUT2D eigenvalue weighted by Gasteiger charge is -2.07. The van der Waals surface area contributed by atoms with Gasteiger partial charge in [-0.2, -0.15) is 5.10 Å². The fourth-order valence-electron chi connectivity index (χ4n) is 2.35. The molecule has 2 heterocycles. The molecule has 1 amide bonds. The van der Waals surface area contributed by atoms with E-state index in [9.17, 15) is 13.2 Å². The number of nitrogens with one attached hydrogen (secondary N) is 1. The van der Waals surface area contributed by atoms with Gasteiger partial charge in [0.1, 0.15) is 22.3 Å². The molecular formula is C14H16N4O5S2. The highest BCUT2D eigenvalue weighted by Gasteiger charge is 2.24. The van der Waals surface area contributed by atoms with Gasteiger partial charge in [0.2, 0.25) is 12.7 Å². The molecule has 3 N–H and O–H groups in total. The van der Waals surface area contributed by atoms with Gasteiger partial charge in [0, 0.05) is 18.0 Å². The molecule has 1 aromatic heterocycles. The molecule has 0 saturated heterocycles. The number of fused-ring (bicyclic) bond motifs is 1. The van der Waals surface area contributed by atoms with Crippen LogP contribution in [0.15, 0.2) is 28.1 Å². The molecule has 9 nitrogen and oxygen atoms in total. The topological polar surface area (TPSA) is 126 Å². The Morgan fingerprint density at radius 2 is 2.12 bits per heavy atom. The molecule has 25 heavy (non-hydrogen) atoms. The Morgan fingerprint density at radius 3 is 2.76 bits per heavy atom. The molecule has 0 unspecified atom stereocenters. The minimum Gasteiger partial charge on any atom is -0.454 e. The van der Waals surface area contributed by atoms with Gasteiger partial charge in [0.25, 0.3) is 0 Å². The van der Waals surface area contributed by atoms with Gasteiger partial charge in [-0.3, -0.25) is 4.79 Å². The smallest absolute Gasteiger partial charge is 0.246 e. The van der Waals surface area contributed by atoms with Crippen molar-refractivity contribution >= 4 is 39.0 Å². The molecule has 0 aliphatic carbocycles. The second kappa shape index (κ2) is 6.48. The average molecular weight is 384 g/mol. The number of amides is 1. The highest BCUT2D eigenvalue weighted by atomic mass is 32.2. The van der Waals surface area contributed by atoms with Crippen LogP contribution in [0.5, 0.6) is 11.5 Å². The van der Waals surface area contributed by atoms with Crippen molar-refractivity contribution in [2.24, 2.45) is 0 Å². The van der Waals surface area contributed by atoms with Gasteiger partial charge in [-0.05, 0) is 18.4 Å². The minimum atomic E-state index is -3.55. The van der Waals surface area contributed by atoms with Crippen LogP contribution in [0.3, 0.4) is 0 Å². The van der Waals surface area contributed by atoms with E-state index in [4.69, 9.17) is 15.2 Å². The Morgan fingerprint density at radius 1 is 1.40 bits per heavy atom. The summed E-state index contributed by atoms with van der Waals surface area (Å²) in [6, 6.07) is 5.00. The van der Waals surface area contributed by atoms with Gasteiger partial charge < -0.3 is 20.5 Å². The second-order valence-corrected chi connectivity index (χ2v) is 8.02. The SMILES string of the molecule is CSc1nn(CC(=O)Nc2ccc3c(c2)OCO3)c(N)c1S(C)(=O)=O. The Labute approximate surface area is 148 Å². The first-order valence-electron chi connectivity index (χ1n) is 7.09. The number of nitrogens with two attached hydrogens (primary N) is 1. The van der Waals surface area contributed by atoms with Crippen molar-refractivity contribution in [2.45, 2.75) is 16.5 Å². The van der Waals surface area contributed by atoms with Crippen molar-refractivity contribution in [2.75, 3.05) is 30.4 Å². The summed E-state index contributed by atoms with van der Waals surface area (Å²) in [7, 11) is -3.55. The fourth-order valence-corrected chi connectivity index (χ4v) is 4.37. The largest absolute Gasteiger partial charge is 0.454 e. The molecular weight excluding hydrogens is 368 g/mol. The third-order valence-electron chi connectivity index (χ3n) is 3.43. The molecule has 1 aliphatic heterocycles. The zero-order valence-corrected chi connectivity index (χ0v) is 15.1. The number of aromatic nitrogens is 2. The van der Waals surface area contributed by atoms with Crippen molar-refractivity contribution < 1.29 is 22.7 Å². The molecule has 0 atom stereocenters. The summed E-state index contributed by atoms with van der Waals surface area (Å²) < 4.78 is 35.3. The van der Waals surface area contributed by atoms with Crippen LogP contribution in [0.2, 0.25) is 0 Å². The fraction of sp³-hybridized carbons (Fsp3) is 0.286. The predicted octanol–water partition coefficient (Wildman–Crippen LogP) is 0.958. The summed E-state index contributed by atoms with van der Waals surface area (Å²) in [5, 5.41) is 7.05. The number of hydrogen-bond donors (Lipinski definition) is 2. The van der Waals surface area contributed by atoms with Crippen molar-refractivity contribution in [3.05, 3.63) is 18.2 Å². The molecule has 0 fully saturated rings. The van der Waals surface area contributed by atoms with Crippen LogP contribution >= 0.6 is 11.8 Å². The highest BCUT2D eigenvalue weighted by Crippen LogP contribution is 2.34. The van der Waals surface area contributed by atoms with E-state index in [1.807, 2.05) is 0 Å². The predicted molar refractivity (Wildman–Crippen MR) is 92.7 cm³/mol. The van der Waals surface area contributed by atoms with E-state index >= 15 is 0 Å². The Kier molecular flexibility index (Phi) is 4.52. The third kappa shape index (κ3) is 3.51. The van der Waals surface area contributed by atoms with Crippen molar-refractivity contribution in [1.82, 2.24) is 9.78 Å². The summed E-state index contributed by atoms with van der Waals surface area (Å²) in [4.78, 5) is 12.2. The van der Waals surface area contributed by atoms with Crippen LogP contribution in [0.25, 0.3) is 0 Å². The van der Waals surface area contributed by atoms with E-state index in [-0.39, 0.29) is 29.1 Å². The number of ether oxygens (including phenoxy) is 2. The number of nitrogens with zero attached hydrogens (tertiary/aromatic N) is 2. The Bertz CT molecular complexity index is 939. The van der Waals surface area contributed by atoms with E-state index < -0.39 is 15.7 Å². The first-order chi connectivity index (χ1) is 11.8. The molecule has 0 bridgehead atoms. The van der Waals surface area contributed by atoms with Crippen LogP contribution in [0.4, 0.5) is 11.5 Å². The summed E-state index contributed by atoms with van der Waals surface area (Å²) in [6.45, 7) is -0.0777. The summed E-state index contributed by atoms with van der Waals surface area (Å²) >= 11 is 1.15. The molecule has 3 rings (SSSR count). The quantitative estimate of drug-likeness (QED) is 0.730. The van der Waals surface area contributed by atoms with Crippen molar-refractivity contribution in [1.29, 1.82) is 0 Å². The number of benzene rings is 1. The van der Waals surface area contributed by atoms with Gasteiger partial charge in [-0.1, -0.05) is 0 Å². The lowest BCUT2D eigenvalue weighted by Crippen LogP contribution is -2.20. The number of carbonyl (C=O) groups is 1. The summed E-state index contributed by atoms with van der Waals surface area (Å²) in [5.74, 6) is 0.686. The summed E-state index contributed by atoms with van der Waals surface area (Å²) in [6.07, 6.45) is 2.74. The number of anilines is 2. The minimum absolute atomic E-state index is 0.0594. The van der Waals surface area contributed by atoms with Crippen LogP contribution in [-0.2, 0) is 21.2 Å². The molecule has 2 aromatic rings. The van der Waals surface area contributed by atoms with Crippen molar-refractivity contribution in [3.63, 3.8) is 0 Å². The second-order valence-electron chi connectivity index (χ2n) is 5.27. The Balaban J connectivity index is 1.78. The van der Waals surface area contributed by atoms with E-state index in [0.29, 0.717) is 17.2 Å². The Hall–Kier alpha value is -2.40. The molecule has 0 radical (unpaired) electrons. The van der Waals surface area contributed by atoms with Gasteiger partial charge in [0.05, 0.1) is 0 Å². The first kappa shape index (κ1) is 17.4. The number of sulfone groups is 1. The maximum atomic E-state index is 12.2. The maximum absolute atomic E-state index is 12.2. The number of nitrogen functional groups attached to an aromatic ring is 1. The van der Waals surface area contributed by atoms with E-state index in [1.54, 1.807) is 24.5 Å². The van der Waals surface area contributed by atoms with Gasteiger partial charge in [-0.15, -0.1) is 11.8 Å². The number of rotatable bonds is 5. The van der Waals surface area contributed by atoms with Crippen LogP contribution in [0, 0.1) is 0 Å². The molecule has 1 aromatic carbocycles. The summed E-state index contributed by atoms with van der Waals surface area (Å²) in [5.41, 5.74) is 6.39. The average Bonchev–Trinajstić information content (AvgIpc) is 3.11. The highest BCUT2D eigenvalue weighted by molar-refractivity contribution is 7.99. The number of carbonyl (C=O) groups excluding carboxylic acids is 1. The third-order valence-corrected chi connectivity index (χ3v) is 5.38. The lowest BCUT2D eigenvalue weighted by molar-refractivity contribution is -0.116. The maximum Gasteiger partial charge on any atom is 0.246 e. The van der Waals surface area contributed by atoms with Crippen molar-refractivity contribution in [3.8, 4) is 11.5 Å². The van der Waals surface area contributed by atoms with Gasteiger partial charge in [-0.25, -0.2) is 13.1 Å². The monoisotopic (exact) mass is 384 g/mol. The first-order valence-corrected chi connectivity index (χ1v) is 10.2. The number of thioether (sulfide) groups is 1. The molecule has 1 aliphatic rings. The van der Waals surface area contributed by atoms with Crippen LogP contribution in [0.1, 0.15) is 0 Å². The number of hydrogen-bond acceptors (Lipinski definition) is 8. The van der Waals surface area contributed by atoms with Crippen LogP contribution in [-0.4, -0.2) is 43.4 Å². The molecule has 134 valence electrons. The molecule has 0 saturated carbocycles. The van der Waals surface area contributed by atoms with E-state index in [2.05, 4.69) is 10.4 Å². The normalized spacial score (nSPS) is 13.0. The van der Waals surface area contributed by atoms with Crippen LogP contribution < -0.4 is 20.5 Å². The zero-order valence-electron chi connectivity index (χ0n) is 13.5. The molecule has 11 heteroatoms.